The van der Waals surface area contributed by atoms with Crippen LogP contribution in [0.25, 0.3) is 0 Å². The molecule has 12 heavy (non-hydrogen) atoms. The predicted octanol–water partition coefficient (Wildman–Crippen LogP) is -0.279. The molecule has 1 aliphatic heterocycles. The van der Waals surface area contributed by atoms with Gasteiger partial charge in [0.05, 0.1) is 6.10 Å². The lowest BCUT2D eigenvalue weighted by atomic mass is 10.2. The minimum absolute atomic E-state index is 0.218. The maximum atomic E-state index is 10.6. The first-order chi connectivity index (χ1) is 5.52. The quantitative estimate of drug-likeness (QED) is 0.408. The summed E-state index contributed by atoms with van der Waals surface area (Å²) in [6.45, 7) is 0.263. The van der Waals surface area contributed by atoms with Gasteiger partial charge in [0.1, 0.15) is 10.4 Å². The van der Waals surface area contributed by atoms with Crippen molar-refractivity contribution >= 4 is 35.1 Å². The monoisotopic (exact) mass is 207 g/mol. The summed E-state index contributed by atoms with van der Waals surface area (Å²) in [7, 11) is 0. The number of aliphatic hydroxyl groups is 1. The lowest BCUT2D eigenvalue weighted by Crippen LogP contribution is -2.37. The van der Waals surface area contributed by atoms with E-state index in [1.54, 1.807) is 0 Å². The average molecular weight is 207 g/mol. The van der Waals surface area contributed by atoms with Crippen LogP contribution in [0.15, 0.2) is 0 Å². The van der Waals surface area contributed by atoms with E-state index in [0.29, 0.717) is 0 Å². The molecule has 2 N–H and O–H groups in total. The summed E-state index contributed by atoms with van der Waals surface area (Å²) in [5.41, 5.74) is 0. The summed E-state index contributed by atoms with van der Waals surface area (Å²) in [6.07, 6.45) is -0.396. The molecular formula is C6H9NO3S2. The molecule has 0 radical (unpaired) electrons. The summed E-state index contributed by atoms with van der Waals surface area (Å²) in [4.78, 5) is 12.0. The number of rotatable bonds is 1. The number of nitrogens with zero attached hydrogens (tertiary/aromatic N) is 1. The van der Waals surface area contributed by atoms with E-state index in [2.05, 4.69) is 12.6 Å². The van der Waals surface area contributed by atoms with Crippen molar-refractivity contribution in [1.82, 2.24) is 4.90 Å². The van der Waals surface area contributed by atoms with Gasteiger partial charge in [0, 0.05) is 13.0 Å². The molecule has 1 aliphatic rings. The standard InChI is InChI=1S/C6H9NO3S2/c8-3-1-4(5(9)10)7(2-3)6(11)12/h3-4,8H,1-2H2,(H,9,10)(H,11,12)/t3-,4+/m1/s1. The highest BCUT2D eigenvalue weighted by Gasteiger charge is 2.36. The van der Waals surface area contributed by atoms with Crippen molar-refractivity contribution in [3.63, 3.8) is 0 Å². The maximum Gasteiger partial charge on any atom is 0.326 e. The van der Waals surface area contributed by atoms with E-state index in [1.807, 2.05) is 0 Å². The number of carbonyl (C=O) groups is 1. The van der Waals surface area contributed by atoms with Crippen molar-refractivity contribution in [2.45, 2.75) is 18.6 Å². The lowest BCUT2D eigenvalue weighted by Gasteiger charge is -2.20. The van der Waals surface area contributed by atoms with Crippen molar-refractivity contribution in [2.24, 2.45) is 0 Å². The van der Waals surface area contributed by atoms with Gasteiger partial charge in [0.25, 0.3) is 0 Å². The minimum Gasteiger partial charge on any atom is -0.480 e. The molecule has 1 heterocycles. The van der Waals surface area contributed by atoms with Gasteiger partial charge in [-0.3, -0.25) is 0 Å². The minimum atomic E-state index is -0.969. The lowest BCUT2D eigenvalue weighted by molar-refractivity contribution is -0.140. The zero-order valence-electron chi connectivity index (χ0n) is 6.17. The van der Waals surface area contributed by atoms with Crippen molar-refractivity contribution in [1.29, 1.82) is 0 Å². The van der Waals surface area contributed by atoms with E-state index < -0.39 is 18.1 Å². The van der Waals surface area contributed by atoms with Crippen LogP contribution < -0.4 is 0 Å². The Hall–Kier alpha value is -0.330. The second-order valence-corrected chi connectivity index (χ2v) is 3.79. The molecule has 0 unspecified atom stereocenters. The summed E-state index contributed by atoms with van der Waals surface area (Å²) in [5.74, 6) is -0.969. The van der Waals surface area contributed by atoms with Crippen LogP contribution in [-0.2, 0) is 4.79 Å². The molecule has 1 saturated heterocycles. The third-order valence-electron chi connectivity index (χ3n) is 1.81. The van der Waals surface area contributed by atoms with Gasteiger partial charge in [-0.05, 0) is 0 Å². The number of β-amino-alcohol motifs (C(OH)–C–C–N with tert-alkyl or cyclic N) is 1. The van der Waals surface area contributed by atoms with Gasteiger partial charge < -0.3 is 15.1 Å². The molecule has 68 valence electrons. The Bertz CT molecular complexity index is 199. The van der Waals surface area contributed by atoms with Crippen LogP contribution in [-0.4, -0.2) is 44.1 Å². The van der Waals surface area contributed by atoms with Crippen LogP contribution in [0.1, 0.15) is 6.42 Å². The second kappa shape index (κ2) is 3.59. The molecule has 0 aromatic carbocycles. The highest BCUT2D eigenvalue weighted by molar-refractivity contribution is 8.10. The number of hydrogen-bond acceptors (Lipinski definition) is 3. The fourth-order valence-electron chi connectivity index (χ4n) is 1.26. The van der Waals surface area contributed by atoms with E-state index in [-0.39, 0.29) is 17.3 Å². The number of carboxylic acids is 1. The van der Waals surface area contributed by atoms with Gasteiger partial charge in [-0.2, -0.15) is 0 Å². The SMILES string of the molecule is O=C(O)[C@@H]1C[C@@H](O)CN1C(=S)S. The van der Waals surface area contributed by atoms with Crippen molar-refractivity contribution in [2.75, 3.05) is 6.54 Å². The Morgan fingerprint density at radius 1 is 1.67 bits per heavy atom. The Morgan fingerprint density at radius 3 is 2.58 bits per heavy atom. The third kappa shape index (κ3) is 1.88. The van der Waals surface area contributed by atoms with Gasteiger partial charge >= 0.3 is 5.97 Å². The van der Waals surface area contributed by atoms with E-state index in [1.165, 1.54) is 4.90 Å². The number of aliphatic carboxylic acids is 1. The van der Waals surface area contributed by atoms with E-state index in [4.69, 9.17) is 22.4 Å². The maximum absolute atomic E-state index is 10.6. The molecule has 2 atom stereocenters. The Balaban J connectivity index is 2.72. The largest absolute Gasteiger partial charge is 0.480 e. The first-order valence-electron chi connectivity index (χ1n) is 3.43. The average Bonchev–Trinajstić information content (AvgIpc) is 2.31. The molecule has 0 aliphatic carbocycles. The van der Waals surface area contributed by atoms with Gasteiger partial charge in [-0.25, -0.2) is 4.79 Å². The zero-order valence-corrected chi connectivity index (χ0v) is 7.89. The van der Waals surface area contributed by atoms with Crippen LogP contribution >= 0.6 is 24.8 Å². The van der Waals surface area contributed by atoms with Gasteiger partial charge in [-0.1, -0.05) is 12.2 Å². The Kier molecular flexibility index (Phi) is 2.92. The van der Waals surface area contributed by atoms with Gasteiger partial charge in [0.15, 0.2) is 0 Å². The third-order valence-corrected chi connectivity index (χ3v) is 2.30. The number of thiocarbonyl (C=S) groups is 1. The molecule has 0 saturated carbocycles. The number of hydrogen-bond donors (Lipinski definition) is 3. The first kappa shape index (κ1) is 9.76. The summed E-state index contributed by atoms with van der Waals surface area (Å²) >= 11 is 8.59. The number of likely N-dealkylation sites (tertiary alicyclic amines) is 1. The molecule has 4 nitrogen and oxygen atoms in total. The first-order valence-corrected chi connectivity index (χ1v) is 4.28. The Labute approximate surface area is 80.6 Å². The molecule has 0 amide bonds. The summed E-state index contributed by atoms with van der Waals surface area (Å²) in [6, 6.07) is -0.718. The fourth-order valence-corrected chi connectivity index (χ4v) is 1.68. The molecule has 0 aromatic rings. The normalized spacial score (nSPS) is 29.0. The molecule has 0 spiro atoms. The van der Waals surface area contributed by atoms with Crippen molar-refractivity contribution in [3.8, 4) is 0 Å². The molecule has 6 heteroatoms. The number of thiol groups is 1. The van der Waals surface area contributed by atoms with Gasteiger partial charge in [0.2, 0.25) is 0 Å². The second-order valence-electron chi connectivity index (χ2n) is 2.68. The highest BCUT2D eigenvalue weighted by Crippen LogP contribution is 2.19. The van der Waals surface area contributed by atoms with Crippen LogP contribution in [0.5, 0.6) is 0 Å². The number of carboxylic acid groups (broad SMARTS) is 1. The fraction of sp³-hybridized carbons (Fsp3) is 0.667. The van der Waals surface area contributed by atoms with E-state index in [9.17, 15) is 4.79 Å². The van der Waals surface area contributed by atoms with Crippen molar-refractivity contribution in [3.05, 3.63) is 0 Å². The van der Waals surface area contributed by atoms with Crippen LogP contribution in [0.2, 0.25) is 0 Å². The van der Waals surface area contributed by atoms with Crippen LogP contribution in [0.4, 0.5) is 0 Å². The zero-order chi connectivity index (χ0) is 9.30. The van der Waals surface area contributed by atoms with E-state index in [0.717, 1.165) is 0 Å². The van der Waals surface area contributed by atoms with E-state index >= 15 is 0 Å². The number of aliphatic hydroxyl groups excluding tert-OH is 1. The van der Waals surface area contributed by atoms with Crippen LogP contribution in [0.3, 0.4) is 0 Å². The summed E-state index contributed by atoms with van der Waals surface area (Å²) in [5, 5.41) is 17.9. The summed E-state index contributed by atoms with van der Waals surface area (Å²) < 4.78 is 0.221. The molecular weight excluding hydrogens is 198 g/mol. The molecule has 0 bridgehead atoms. The van der Waals surface area contributed by atoms with Crippen molar-refractivity contribution < 1.29 is 15.0 Å². The topological polar surface area (TPSA) is 60.8 Å². The highest BCUT2D eigenvalue weighted by atomic mass is 32.1. The van der Waals surface area contributed by atoms with Crippen LogP contribution in [0, 0.1) is 0 Å². The Morgan fingerprint density at radius 2 is 2.25 bits per heavy atom. The predicted molar refractivity (Wildman–Crippen MR) is 50.3 cm³/mol. The smallest absolute Gasteiger partial charge is 0.326 e. The molecule has 1 rings (SSSR count). The van der Waals surface area contributed by atoms with Gasteiger partial charge in [-0.15, -0.1) is 12.6 Å². The molecule has 1 fully saturated rings. The molecule has 0 aromatic heterocycles.